The molecule has 0 aliphatic carbocycles. The van der Waals surface area contributed by atoms with Crippen LogP contribution in [-0.4, -0.2) is 26.7 Å². The van der Waals surface area contributed by atoms with Crippen LogP contribution in [0.1, 0.15) is 30.4 Å². The third-order valence-corrected chi connectivity index (χ3v) is 5.35. The maximum Gasteiger partial charge on any atom is 0.240 e. The summed E-state index contributed by atoms with van der Waals surface area (Å²) in [5.41, 5.74) is 2.12. The van der Waals surface area contributed by atoms with Crippen LogP contribution in [0, 0.1) is 0 Å². The molecule has 2 aromatic carbocycles. The van der Waals surface area contributed by atoms with Gasteiger partial charge >= 0.3 is 0 Å². The molecule has 0 bridgehead atoms. The Morgan fingerprint density at radius 3 is 2.26 bits per heavy atom. The average molecular weight is 333 g/mol. The highest BCUT2D eigenvalue weighted by atomic mass is 32.2. The number of aryl methyl sites for hydroxylation is 1. The molecule has 0 saturated heterocycles. The summed E-state index contributed by atoms with van der Waals surface area (Å²) in [7, 11) is -3.54. The first-order chi connectivity index (χ1) is 11.1. The molecule has 0 saturated carbocycles. The van der Waals surface area contributed by atoms with Crippen LogP contribution >= 0.6 is 0 Å². The first kappa shape index (κ1) is 17.7. The molecule has 0 spiro atoms. The van der Waals surface area contributed by atoms with Crippen molar-refractivity contribution in [1.29, 1.82) is 0 Å². The highest BCUT2D eigenvalue weighted by Crippen LogP contribution is 2.19. The first-order valence-corrected chi connectivity index (χ1v) is 9.29. The molecule has 2 N–H and O–H groups in total. The van der Waals surface area contributed by atoms with E-state index in [1.54, 1.807) is 12.1 Å². The number of sulfonamides is 1. The van der Waals surface area contributed by atoms with E-state index in [2.05, 4.69) is 4.72 Å². The van der Waals surface area contributed by atoms with Crippen LogP contribution in [0.3, 0.4) is 0 Å². The molecule has 0 aliphatic heterocycles. The van der Waals surface area contributed by atoms with Crippen molar-refractivity contribution < 1.29 is 13.5 Å². The Morgan fingerprint density at radius 2 is 1.70 bits per heavy atom. The molecule has 0 radical (unpaired) electrons. The zero-order valence-corrected chi connectivity index (χ0v) is 14.1. The monoisotopic (exact) mass is 333 g/mol. The van der Waals surface area contributed by atoms with Gasteiger partial charge in [-0.05, 0) is 42.0 Å². The van der Waals surface area contributed by atoms with E-state index in [4.69, 9.17) is 0 Å². The number of nitrogens with one attached hydrogen (secondary N) is 1. The fourth-order valence-corrected chi connectivity index (χ4v) is 3.55. The van der Waals surface area contributed by atoms with Gasteiger partial charge in [0.2, 0.25) is 10.0 Å². The van der Waals surface area contributed by atoms with E-state index in [1.165, 1.54) is 0 Å². The van der Waals surface area contributed by atoms with Gasteiger partial charge in [-0.15, -0.1) is 0 Å². The van der Waals surface area contributed by atoms with E-state index < -0.39 is 10.0 Å². The summed E-state index contributed by atoms with van der Waals surface area (Å²) in [6, 6.07) is 16.6. The number of hydrogen-bond donors (Lipinski definition) is 2. The Bertz CT molecular complexity index is 697. The molecule has 0 aliphatic rings. The molecular formula is C18H23NO3S. The summed E-state index contributed by atoms with van der Waals surface area (Å²) in [5, 5.41) is 9.22. The van der Waals surface area contributed by atoms with Gasteiger partial charge in [0.15, 0.2) is 0 Å². The summed E-state index contributed by atoms with van der Waals surface area (Å²) in [6.07, 6.45) is 1.39. The van der Waals surface area contributed by atoms with Crippen LogP contribution in [0.15, 0.2) is 59.5 Å². The van der Waals surface area contributed by atoms with E-state index in [0.717, 1.165) is 17.5 Å². The van der Waals surface area contributed by atoms with E-state index in [-0.39, 0.29) is 24.0 Å². The molecule has 0 amide bonds. The number of benzene rings is 2. The van der Waals surface area contributed by atoms with Crippen molar-refractivity contribution in [3.8, 4) is 0 Å². The molecule has 0 aromatic heterocycles. The third kappa shape index (κ3) is 4.89. The van der Waals surface area contributed by atoms with E-state index in [1.807, 2.05) is 49.4 Å². The topological polar surface area (TPSA) is 66.4 Å². The molecule has 124 valence electrons. The number of rotatable bonds is 8. The van der Waals surface area contributed by atoms with E-state index in [9.17, 15) is 13.5 Å². The number of hydrogen-bond acceptors (Lipinski definition) is 3. The smallest absolute Gasteiger partial charge is 0.240 e. The lowest BCUT2D eigenvalue weighted by atomic mass is 9.96. The minimum absolute atomic E-state index is 0.0203. The molecule has 1 unspecified atom stereocenters. The minimum Gasteiger partial charge on any atom is -0.396 e. The van der Waals surface area contributed by atoms with Gasteiger partial charge in [-0.2, -0.15) is 0 Å². The zero-order chi connectivity index (χ0) is 16.7. The second-order valence-electron chi connectivity index (χ2n) is 5.47. The molecule has 2 aromatic rings. The minimum atomic E-state index is -3.54. The molecule has 1 atom stereocenters. The highest BCUT2D eigenvalue weighted by molar-refractivity contribution is 7.89. The number of aliphatic hydroxyl groups excluding tert-OH is 1. The van der Waals surface area contributed by atoms with Crippen molar-refractivity contribution in [3.63, 3.8) is 0 Å². The van der Waals surface area contributed by atoms with Gasteiger partial charge in [0.05, 0.1) is 4.90 Å². The fraction of sp³-hybridized carbons (Fsp3) is 0.333. The maximum absolute atomic E-state index is 12.4. The summed E-state index contributed by atoms with van der Waals surface area (Å²) in [6.45, 7) is 2.32. The summed E-state index contributed by atoms with van der Waals surface area (Å²) >= 11 is 0. The van der Waals surface area contributed by atoms with Crippen molar-refractivity contribution in [2.45, 2.75) is 30.6 Å². The predicted octanol–water partition coefficient (Wildman–Crippen LogP) is 2.69. The van der Waals surface area contributed by atoms with Gasteiger partial charge in [-0.1, -0.05) is 49.4 Å². The van der Waals surface area contributed by atoms with Gasteiger partial charge in [0, 0.05) is 13.2 Å². The molecular weight excluding hydrogens is 310 g/mol. The Morgan fingerprint density at radius 1 is 1.04 bits per heavy atom. The van der Waals surface area contributed by atoms with Gasteiger partial charge < -0.3 is 5.11 Å². The average Bonchev–Trinajstić information content (AvgIpc) is 2.59. The second-order valence-corrected chi connectivity index (χ2v) is 7.24. The number of aliphatic hydroxyl groups is 1. The Labute approximate surface area is 138 Å². The second kappa shape index (κ2) is 8.24. The van der Waals surface area contributed by atoms with Crippen LogP contribution in [0.4, 0.5) is 0 Å². The molecule has 0 heterocycles. The van der Waals surface area contributed by atoms with Gasteiger partial charge in [0.25, 0.3) is 0 Å². The molecule has 23 heavy (non-hydrogen) atoms. The highest BCUT2D eigenvalue weighted by Gasteiger charge is 2.17. The summed E-state index contributed by atoms with van der Waals surface area (Å²) in [4.78, 5) is 0.269. The lowest BCUT2D eigenvalue weighted by Crippen LogP contribution is -2.29. The van der Waals surface area contributed by atoms with Crippen LogP contribution in [0.2, 0.25) is 0 Å². The standard InChI is InChI=1S/C18H23NO3S/c1-2-15-8-10-18(11-9-15)23(21,22)19-14-17(12-13-20)16-6-4-3-5-7-16/h3-11,17,19-20H,2,12-14H2,1H3. The summed E-state index contributed by atoms with van der Waals surface area (Å²) in [5.74, 6) is -0.0501. The van der Waals surface area contributed by atoms with Crippen LogP contribution in [-0.2, 0) is 16.4 Å². The summed E-state index contributed by atoms with van der Waals surface area (Å²) < 4.78 is 27.5. The Hall–Kier alpha value is -1.69. The van der Waals surface area contributed by atoms with Crippen LogP contribution in [0.25, 0.3) is 0 Å². The lowest BCUT2D eigenvalue weighted by Gasteiger charge is -2.17. The van der Waals surface area contributed by atoms with Crippen molar-refractivity contribution in [3.05, 3.63) is 65.7 Å². The third-order valence-electron chi connectivity index (χ3n) is 3.91. The molecule has 4 nitrogen and oxygen atoms in total. The SMILES string of the molecule is CCc1ccc(S(=O)(=O)NCC(CCO)c2ccccc2)cc1. The Balaban J connectivity index is 2.09. The maximum atomic E-state index is 12.4. The van der Waals surface area contributed by atoms with Crippen LogP contribution in [0.5, 0.6) is 0 Å². The largest absolute Gasteiger partial charge is 0.396 e. The normalized spacial score (nSPS) is 13.0. The lowest BCUT2D eigenvalue weighted by molar-refractivity contribution is 0.275. The Kier molecular flexibility index (Phi) is 6.33. The van der Waals surface area contributed by atoms with Crippen molar-refractivity contribution in [1.82, 2.24) is 4.72 Å². The molecule has 5 heteroatoms. The first-order valence-electron chi connectivity index (χ1n) is 7.81. The van der Waals surface area contributed by atoms with E-state index in [0.29, 0.717) is 6.42 Å². The van der Waals surface area contributed by atoms with Crippen LogP contribution < -0.4 is 4.72 Å². The van der Waals surface area contributed by atoms with Gasteiger partial charge in [-0.25, -0.2) is 13.1 Å². The van der Waals surface area contributed by atoms with Gasteiger partial charge in [0.1, 0.15) is 0 Å². The van der Waals surface area contributed by atoms with Crippen molar-refractivity contribution in [2.24, 2.45) is 0 Å². The fourth-order valence-electron chi connectivity index (χ4n) is 2.47. The zero-order valence-electron chi connectivity index (χ0n) is 13.3. The quantitative estimate of drug-likeness (QED) is 0.780. The van der Waals surface area contributed by atoms with Gasteiger partial charge in [-0.3, -0.25) is 0 Å². The predicted molar refractivity (Wildman–Crippen MR) is 91.9 cm³/mol. The van der Waals surface area contributed by atoms with E-state index >= 15 is 0 Å². The molecule has 0 fully saturated rings. The van der Waals surface area contributed by atoms with Crippen molar-refractivity contribution >= 4 is 10.0 Å². The molecule has 2 rings (SSSR count). The van der Waals surface area contributed by atoms with Crippen molar-refractivity contribution in [2.75, 3.05) is 13.2 Å².